The number of amides is 1. The van der Waals surface area contributed by atoms with Crippen molar-refractivity contribution in [1.82, 2.24) is 9.62 Å². The Balaban J connectivity index is 1.36. The van der Waals surface area contributed by atoms with E-state index in [2.05, 4.69) is 5.32 Å². The first-order chi connectivity index (χ1) is 15.0. The molecule has 1 aromatic heterocycles. The van der Waals surface area contributed by atoms with Crippen LogP contribution in [0.3, 0.4) is 0 Å². The second-order valence-corrected chi connectivity index (χ2v) is 10.4. The molecule has 1 aliphatic rings. The van der Waals surface area contributed by atoms with Crippen molar-refractivity contribution in [1.29, 1.82) is 0 Å². The van der Waals surface area contributed by atoms with Gasteiger partial charge in [0.05, 0.1) is 0 Å². The first-order valence-electron chi connectivity index (χ1n) is 10.1. The Morgan fingerprint density at radius 2 is 1.87 bits per heavy atom. The molecule has 1 amide bonds. The highest BCUT2D eigenvalue weighted by Gasteiger charge is 2.39. The van der Waals surface area contributed by atoms with Crippen LogP contribution in [0.2, 0.25) is 0 Å². The number of hydrogen-bond donors (Lipinski definition) is 1. The van der Waals surface area contributed by atoms with Crippen LogP contribution in [-0.4, -0.2) is 31.2 Å². The molecule has 1 aliphatic heterocycles. The number of nitrogens with one attached hydrogen (secondary N) is 1. The van der Waals surface area contributed by atoms with Crippen LogP contribution in [0.4, 0.5) is 0 Å². The van der Waals surface area contributed by atoms with E-state index in [1.165, 1.54) is 15.6 Å². The Labute approximate surface area is 186 Å². The molecule has 8 heteroatoms. The predicted octanol–water partition coefficient (Wildman–Crippen LogP) is 3.80. The van der Waals surface area contributed by atoms with Gasteiger partial charge in [-0.25, -0.2) is 8.42 Å². The van der Waals surface area contributed by atoms with Crippen molar-refractivity contribution in [2.45, 2.75) is 36.2 Å². The van der Waals surface area contributed by atoms with E-state index < -0.39 is 16.1 Å². The fourth-order valence-corrected chi connectivity index (χ4v) is 6.38. The molecule has 1 fully saturated rings. The summed E-state index contributed by atoms with van der Waals surface area (Å²) in [5, 5.41) is 4.62. The van der Waals surface area contributed by atoms with Gasteiger partial charge in [-0.05, 0) is 47.5 Å². The fourth-order valence-electron chi connectivity index (χ4n) is 3.61. The van der Waals surface area contributed by atoms with Crippen LogP contribution in [0.15, 0.2) is 76.3 Å². The molecule has 0 radical (unpaired) electrons. The van der Waals surface area contributed by atoms with Crippen LogP contribution in [0.1, 0.15) is 24.0 Å². The smallest absolute Gasteiger partial charge is 0.253 e. The zero-order chi connectivity index (χ0) is 21.7. The zero-order valence-electron chi connectivity index (χ0n) is 16.9. The molecule has 1 atom stereocenters. The molecule has 31 heavy (non-hydrogen) atoms. The zero-order valence-corrected chi connectivity index (χ0v) is 18.6. The Kier molecular flexibility index (Phi) is 6.70. The topological polar surface area (TPSA) is 75.7 Å². The van der Waals surface area contributed by atoms with Gasteiger partial charge in [0, 0.05) is 13.1 Å². The molecule has 1 unspecified atom stereocenters. The van der Waals surface area contributed by atoms with E-state index in [4.69, 9.17) is 4.74 Å². The molecule has 6 nitrogen and oxygen atoms in total. The normalized spacial score (nSPS) is 16.8. The molecule has 2 heterocycles. The second-order valence-electron chi connectivity index (χ2n) is 7.35. The minimum atomic E-state index is -3.64. The number of rotatable bonds is 8. The highest BCUT2D eigenvalue weighted by atomic mass is 32.2. The first kappa shape index (κ1) is 21.5. The molecule has 4 rings (SSSR count). The van der Waals surface area contributed by atoms with Gasteiger partial charge in [-0.1, -0.05) is 48.5 Å². The van der Waals surface area contributed by atoms with Crippen LogP contribution in [0, 0.1) is 0 Å². The van der Waals surface area contributed by atoms with Crippen molar-refractivity contribution in [2.75, 3.05) is 6.54 Å². The number of sulfonamides is 1. The Hall–Kier alpha value is -2.68. The lowest BCUT2D eigenvalue weighted by Gasteiger charge is -2.22. The van der Waals surface area contributed by atoms with Crippen LogP contribution in [0.5, 0.6) is 5.75 Å². The number of benzene rings is 2. The Bertz CT molecular complexity index is 1120. The van der Waals surface area contributed by atoms with Gasteiger partial charge < -0.3 is 10.1 Å². The van der Waals surface area contributed by atoms with Crippen LogP contribution >= 0.6 is 11.3 Å². The molecule has 1 saturated heterocycles. The lowest BCUT2D eigenvalue weighted by Crippen LogP contribution is -2.45. The molecule has 0 aliphatic carbocycles. The second kappa shape index (κ2) is 9.64. The third-order valence-corrected chi connectivity index (χ3v) is 8.46. The first-order valence-corrected chi connectivity index (χ1v) is 12.4. The van der Waals surface area contributed by atoms with E-state index in [1.54, 1.807) is 17.5 Å². The van der Waals surface area contributed by atoms with E-state index in [9.17, 15) is 13.2 Å². The van der Waals surface area contributed by atoms with E-state index in [-0.39, 0.29) is 10.1 Å². The maximum Gasteiger partial charge on any atom is 0.253 e. The predicted molar refractivity (Wildman–Crippen MR) is 120 cm³/mol. The summed E-state index contributed by atoms with van der Waals surface area (Å²) in [5.41, 5.74) is 1.97. The number of carbonyl (C=O) groups excluding carboxylic acids is 1. The molecular formula is C23H24N2O4S2. The summed E-state index contributed by atoms with van der Waals surface area (Å²) in [6, 6.07) is 20.1. The molecule has 3 aromatic rings. The molecule has 162 valence electrons. The van der Waals surface area contributed by atoms with Gasteiger partial charge in [0.25, 0.3) is 10.0 Å². The van der Waals surface area contributed by atoms with Gasteiger partial charge in [-0.2, -0.15) is 4.31 Å². The number of ether oxygens (including phenoxy) is 1. The van der Waals surface area contributed by atoms with Crippen molar-refractivity contribution in [3.8, 4) is 5.75 Å². The Morgan fingerprint density at radius 1 is 1.06 bits per heavy atom. The van der Waals surface area contributed by atoms with Gasteiger partial charge >= 0.3 is 0 Å². The van der Waals surface area contributed by atoms with Gasteiger partial charge in [-0.15, -0.1) is 11.3 Å². The number of thiophene rings is 1. The fraction of sp³-hybridized carbons (Fsp3) is 0.261. The van der Waals surface area contributed by atoms with Gasteiger partial charge in [0.2, 0.25) is 5.91 Å². The highest BCUT2D eigenvalue weighted by Crippen LogP contribution is 2.28. The van der Waals surface area contributed by atoms with Gasteiger partial charge in [-0.3, -0.25) is 4.79 Å². The van der Waals surface area contributed by atoms with Gasteiger partial charge in [0.1, 0.15) is 22.6 Å². The van der Waals surface area contributed by atoms with E-state index in [0.717, 1.165) is 16.9 Å². The molecule has 1 N–H and O–H groups in total. The van der Waals surface area contributed by atoms with Crippen LogP contribution in [0.25, 0.3) is 0 Å². The standard InChI is InChI=1S/C23H24N2O4S2/c26-23(21-11-5-13-25(21)31(27,28)22-12-6-14-30-22)24-16-19-9-4-10-20(15-19)29-17-18-7-2-1-3-8-18/h1-4,6-10,12,14-15,21H,5,11,13,16-17H2,(H,24,26). The lowest BCUT2D eigenvalue weighted by molar-refractivity contribution is -0.124. The number of carbonyl (C=O) groups is 1. The summed E-state index contributed by atoms with van der Waals surface area (Å²) in [6.45, 7) is 1.14. The monoisotopic (exact) mass is 456 g/mol. The highest BCUT2D eigenvalue weighted by molar-refractivity contribution is 7.91. The van der Waals surface area contributed by atoms with Crippen molar-refractivity contribution in [3.63, 3.8) is 0 Å². The summed E-state index contributed by atoms with van der Waals surface area (Å²) >= 11 is 1.17. The van der Waals surface area contributed by atoms with Crippen molar-refractivity contribution in [2.24, 2.45) is 0 Å². The molecule has 0 bridgehead atoms. The van der Waals surface area contributed by atoms with E-state index in [0.29, 0.717) is 32.5 Å². The summed E-state index contributed by atoms with van der Waals surface area (Å²) in [7, 11) is -3.64. The summed E-state index contributed by atoms with van der Waals surface area (Å²) < 4.78 is 33.2. The van der Waals surface area contributed by atoms with Gasteiger partial charge in [0.15, 0.2) is 0 Å². The lowest BCUT2D eigenvalue weighted by atomic mass is 10.2. The molecule has 0 spiro atoms. The summed E-state index contributed by atoms with van der Waals surface area (Å²) in [6.07, 6.45) is 1.20. The maximum absolute atomic E-state index is 12.9. The summed E-state index contributed by atoms with van der Waals surface area (Å²) in [4.78, 5) is 12.8. The largest absolute Gasteiger partial charge is 0.489 e. The van der Waals surface area contributed by atoms with Crippen molar-refractivity contribution >= 4 is 27.3 Å². The number of nitrogens with zero attached hydrogens (tertiary/aromatic N) is 1. The third kappa shape index (κ3) is 5.15. The molecule has 2 aromatic carbocycles. The van der Waals surface area contributed by atoms with Crippen molar-refractivity contribution < 1.29 is 17.9 Å². The average Bonchev–Trinajstić information content (AvgIpc) is 3.50. The van der Waals surface area contributed by atoms with E-state index >= 15 is 0 Å². The summed E-state index contributed by atoms with van der Waals surface area (Å²) in [5.74, 6) is 0.451. The minimum Gasteiger partial charge on any atom is -0.489 e. The maximum atomic E-state index is 12.9. The van der Waals surface area contributed by atoms with Crippen LogP contribution < -0.4 is 10.1 Å². The SMILES string of the molecule is O=C(NCc1cccc(OCc2ccccc2)c1)C1CCCN1S(=O)(=O)c1cccs1. The van der Waals surface area contributed by atoms with Crippen molar-refractivity contribution in [3.05, 3.63) is 83.2 Å². The van der Waals surface area contributed by atoms with Crippen LogP contribution in [-0.2, 0) is 28.0 Å². The molecule has 0 saturated carbocycles. The third-order valence-electron chi connectivity index (χ3n) is 5.18. The minimum absolute atomic E-state index is 0.270. The average molecular weight is 457 g/mol. The number of hydrogen-bond acceptors (Lipinski definition) is 5. The quantitative estimate of drug-likeness (QED) is 0.560. The Morgan fingerprint density at radius 3 is 2.65 bits per heavy atom. The molecular weight excluding hydrogens is 432 g/mol. The van der Waals surface area contributed by atoms with E-state index in [1.807, 2.05) is 54.6 Å².